The van der Waals surface area contributed by atoms with Crippen molar-refractivity contribution in [3.63, 3.8) is 0 Å². The van der Waals surface area contributed by atoms with Crippen molar-refractivity contribution in [1.29, 1.82) is 0 Å². The SMILES string of the molecule is Cn1c(SCc2nc(-c3cccc(Cl)c3)no2)nc2sccc2c1=O. The van der Waals surface area contributed by atoms with Gasteiger partial charge in [0.1, 0.15) is 4.83 Å². The zero-order valence-electron chi connectivity index (χ0n) is 13.0. The monoisotopic (exact) mass is 390 g/mol. The maximum atomic E-state index is 12.3. The van der Waals surface area contributed by atoms with E-state index in [9.17, 15) is 4.79 Å². The molecular weight excluding hydrogens is 380 g/mol. The molecule has 9 heteroatoms. The number of thiophene rings is 1. The zero-order valence-corrected chi connectivity index (χ0v) is 15.4. The van der Waals surface area contributed by atoms with Crippen LogP contribution < -0.4 is 5.56 Å². The number of thioether (sulfide) groups is 1. The van der Waals surface area contributed by atoms with Crippen LogP contribution >= 0.6 is 34.7 Å². The second-order valence-electron chi connectivity index (χ2n) is 5.21. The Kier molecular flexibility index (Phi) is 4.32. The van der Waals surface area contributed by atoms with Gasteiger partial charge < -0.3 is 4.52 Å². The standard InChI is InChI=1S/C16H11ClN4O2S2/c1-21-15(22)11-5-6-24-14(11)19-16(21)25-8-12-18-13(20-23-12)9-3-2-4-10(17)7-9/h2-7H,8H2,1H3. The third kappa shape index (κ3) is 3.20. The number of nitrogens with zero attached hydrogens (tertiary/aromatic N) is 4. The van der Waals surface area contributed by atoms with E-state index in [4.69, 9.17) is 16.1 Å². The Balaban J connectivity index is 1.56. The van der Waals surface area contributed by atoms with Gasteiger partial charge in [-0.2, -0.15) is 4.98 Å². The van der Waals surface area contributed by atoms with Crippen LogP contribution in [0.4, 0.5) is 0 Å². The van der Waals surface area contributed by atoms with Crippen molar-refractivity contribution >= 4 is 44.9 Å². The van der Waals surface area contributed by atoms with E-state index in [1.54, 1.807) is 25.2 Å². The number of halogens is 1. The summed E-state index contributed by atoms with van der Waals surface area (Å²) in [6.07, 6.45) is 0. The first kappa shape index (κ1) is 16.3. The molecule has 0 aliphatic carbocycles. The summed E-state index contributed by atoms with van der Waals surface area (Å²) in [6, 6.07) is 9.05. The average Bonchev–Trinajstić information content (AvgIpc) is 3.26. The summed E-state index contributed by atoms with van der Waals surface area (Å²) in [5.41, 5.74) is 0.733. The fourth-order valence-electron chi connectivity index (χ4n) is 2.29. The molecule has 0 saturated heterocycles. The second-order valence-corrected chi connectivity index (χ2v) is 7.48. The lowest BCUT2D eigenvalue weighted by Gasteiger charge is -2.05. The molecule has 4 aromatic rings. The van der Waals surface area contributed by atoms with Gasteiger partial charge in [0.25, 0.3) is 5.56 Å². The van der Waals surface area contributed by atoms with Crippen LogP contribution in [0.1, 0.15) is 5.89 Å². The highest BCUT2D eigenvalue weighted by molar-refractivity contribution is 7.98. The van der Waals surface area contributed by atoms with E-state index in [0.717, 1.165) is 10.4 Å². The highest BCUT2D eigenvalue weighted by Crippen LogP contribution is 2.25. The van der Waals surface area contributed by atoms with Crippen LogP contribution in [0.15, 0.2) is 50.2 Å². The highest BCUT2D eigenvalue weighted by atomic mass is 35.5. The maximum absolute atomic E-state index is 12.3. The summed E-state index contributed by atoms with van der Waals surface area (Å²) < 4.78 is 6.82. The molecule has 0 bridgehead atoms. The molecule has 4 rings (SSSR count). The molecule has 0 N–H and O–H groups in total. The Morgan fingerprint density at radius 2 is 2.20 bits per heavy atom. The Morgan fingerprint density at radius 1 is 1.32 bits per heavy atom. The molecule has 3 aromatic heterocycles. The van der Waals surface area contributed by atoms with Crippen molar-refractivity contribution in [1.82, 2.24) is 19.7 Å². The van der Waals surface area contributed by atoms with Crippen LogP contribution in [0, 0.1) is 0 Å². The van der Waals surface area contributed by atoms with Gasteiger partial charge in [0.05, 0.1) is 11.1 Å². The average molecular weight is 391 g/mol. The maximum Gasteiger partial charge on any atom is 0.262 e. The molecule has 0 saturated carbocycles. The molecular formula is C16H11ClN4O2S2. The van der Waals surface area contributed by atoms with Crippen molar-refractivity contribution < 1.29 is 4.52 Å². The minimum Gasteiger partial charge on any atom is -0.338 e. The van der Waals surface area contributed by atoms with E-state index in [1.165, 1.54) is 27.7 Å². The van der Waals surface area contributed by atoms with Crippen LogP contribution in [0.2, 0.25) is 5.02 Å². The Hall–Kier alpha value is -2.16. The molecule has 126 valence electrons. The van der Waals surface area contributed by atoms with E-state index in [0.29, 0.717) is 33.0 Å². The molecule has 0 fully saturated rings. The van der Waals surface area contributed by atoms with Gasteiger partial charge in [0.2, 0.25) is 11.7 Å². The largest absolute Gasteiger partial charge is 0.338 e. The van der Waals surface area contributed by atoms with E-state index < -0.39 is 0 Å². The first-order valence-corrected chi connectivity index (χ1v) is 9.52. The first-order chi connectivity index (χ1) is 12.1. The van der Waals surface area contributed by atoms with Crippen molar-refractivity contribution in [3.05, 3.63) is 57.0 Å². The highest BCUT2D eigenvalue weighted by Gasteiger charge is 2.13. The van der Waals surface area contributed by atoms with Crippen LogP contribution in [0.25, 0.3) is 21.6 Å². The van der Waals surface area contributed by atoms with Crippen LogP contribution in [0.3, 0.4) is 0 Å². The van der Waals surface area contributed by atoms with E-state index in [-0.39, 0.29) is 5.56 Å². The lowest BCUT2D eigenvalue weighted by molar-refractivity contribution is 0.391. The summed E-state index contributed by atoms with van der Waals surface area (Å²) in [5.74, 6) is 1.36. The van der Waals surface area contributed by atoms with Gasteiger partial charge in [-0.1, -0.05) is 40.7 Å². The summed E-state index contributed by atoms with van der Waals surface area (Å²) >= 11 is 8.81. The normalized spacial score (nSPS) is 11.3. The molecule has 0 spiro atoms. The lowest BCUT2D eigenvalue weighted by atomic mass is 10.2. The molecule has 25 heavy (non-hydrogen) atoms. The number of hydrogen-bond acceptors (Lipinski definition) is 7. The van der Waals surface area contributed by atoms with E-state index >= 15 is 0 Å². The number of aromatic nitrogens is 4. The van der Waals surface area contributed by atoms with E-state index in [1.807, 2.05) is 17.5 Å². The molecule has 3 heterocycles. The Bertz CT molecular complexity index is 1120. The number of rotatable bonds is 4. The number of benzene rings is 1. The molecule has 0 amide bonds. The third-order valence-corrected chi connectivity index (χ3v) is 5.60. The third-order valence-electron chi connectivity index (χ3n) is 3.54. The van der Waals surface area contributed by atoms with Crippen LogP contribution in [-0.4, -0.2) is 19.7 Å². The topological polar surface area (TPSA) is 73.8 Å². The molecule has 0 aliphatic heterocycles. The molecule has 0 aliphatic rings. The van der Waals surface area contributed by atoms with Crippen LogP contribution in [0.5, 0.6) is 0 Å². The number of hydrogen-bond donors (Lipinski definition) is 0. The summed E-state index contributed by atoms with van der Waals surface area (Å²) in [4.78, 5) is 21.9. The minimum atomic E-state index is -0.0566. The van der Waals surface area contributed by atoms with E-state index in [2.05, 4.69) is 15.1 Å². The summed E-state index contributed by atoms with van der Waals surface area (Å²) in [6.45, 7) is 0. The fraction of sp³-hybridized carbons (Fsp3) is 0.125. The fourth-order valence-corrected chi connectivity index (χ4v) is 4.10. The van der Waals surface area contributed by atoms with Crippen molar-refractivity contribution in [3.8, 4) is 11.4 Å². The quantitative estimate of drug-likeness (QED) is 0.387. The van der Waals surface area contributed by atoms with Crippen molar-refractivity contribution in [2.24, 2.45) is 7.05 Å². The molecule has 0 unspecified atom stereocenters. The van der Waals surface area contributed by atoms with Gasteiger partial charge in [-0.25, -0.2) is 4.98 Å². The van der Waals surface area contributed by atoms with Crippen LogP contribution in [-0.2, 0) is 12.8 Å². The van der Waals surface area contributed by atoms with Gasteiger partial charge in [-0.05, 0) is 23.6 Å². The van der Waals surface area contributed by atoms with Gasteiger partial charge in [-0.3, -0.25) is 9.36 Å². The van der Waals surface area contributed by atoms with Gasteiger partial charge in [0, 0.05) is 17.6 Å². The minimum absolute atomic E-state index is 0.0566. The predicted octanol–water partition coefficient (Wildman–Crippen LogP) is 3.99. The molecule has 6 nitrogen and oxygen atoms in total. The number of fused-ring (bicyclic) bond motifs is 1. The van der Waals surface area contributed by atoms with Crippen molar-refractivity contribution in [2.45, 2.75) is 10.9 Å². The Labute approximate surface area is 155 Å². The second kappa shape index (κ2) is 6.62. The zero-order chi connectivity index (χ0) is 17.4. The predicted molar refractivity (Wildman–Crippen MR) is 99.2 cm³/mol. The summed E-state index contributed by atoms with van der Waals surface area (Å²) in [7, 11) is 1.71. The lowest BCUT2D eigenvalue weighted by Crippen LogP contribution is -2.19. The molecule has 1 aromatic carbocycles. The summed E-state index contributed by atoms with van der Waals surface area (Å²) in [5, 5.41) is 7.70. The van der Waals surface area contributed by atoms with Crippen molar-refractivity contribution in [2.75, 3.05) is 0 Å². The molecule has 0 radical (unpaired) electrons. The van der Waals surface area contributed by atoms with Gasteiger partial charge >= 0.3 is 0 Å². The van der Waals surface area contributed by atoms with Gasteiger partial charge in [-0.15, -0.1) is 11.3 Å². The Morgan fingerprint density at radius 3 is 3.04 bits per heavy atom. The van der Waals surface area contributed by atoms with Gasteiger partial charge in [0.15, 0.2) is 5.16 Å². The molecule has 0 atom stereocenters. The smallest absolute Gasteiger partial charge is 0.262 e. The first-order valence-electron chi connectivity index (χ1n) is 7.27.